The molecule has 0 spiro atoms. The number of carbonyl (C=O) groups is 1. The van der Waals surface area contributed by atoms with E-state index in [2.05, 4.69) is 16.7 Å². The number of anilines is 1. The molecule has 1 atom stereocenters. The van der Waals surface area contributed by atoms with Gasteiger partial charge >= 0.3 is 12.3 Å². The molecule has 186 valence electrons. The topological polar surface area (TPSA) is 68.5 Å². The summed E-state index contributed by atoms with van der Waals surface area (Å²) in [5, 5.41) is 6.05. The third-order valence-electron chi connectivity index (χ3n) is 5.60. The molecule has 2 heterocycles. The highest BCUT2D eigenvalue weighted by Crippen LogP contribution is 2.30. The highest BCUT2D eigenvalue weighted by molar-refractivity contribution is 5.88. The largest absolute Gasteiger partial charge is 0.445 e. The van der Waals surface area contributed by atoms with Crippen LogP contribution in [0.15, 0.2) is 84.2 Å². The van der Waals surface area contributed by atoms with Crippen molar-refractivity contribution in [1.29, 1.82) is 0 Å². The van der Waals surface area contributed by atoms with Gasteiger partial charge in [0, 0.05) is 36.0 Å². The lowest BCUT2D eigenvalue weighted by molar-refractivity contribution is -0.137. The molecule has 0 bridgehead atoms. The summed E-state index contributed by atoms with van der Waals surface area (Å²) in [6.45, 7) is 5.69. The fourth-order valence-electron chi connectivity index (χ4n) is 3.84. The van der Waals surface area contributed by atoms with E-state index in [1.807, 2.05) is 31.2 Å². The molecule has 2 aromatic carbocycles. The summed E-state index contributed by atoms with van der Waals surface area (Å²) in [5.41, 5.74) is 0.805. The zero-order valence-corrected chi connectivity index (χ0v) is 19.5. The number of halogens is 3. The normalized spacial score (nSPS) is 12.3. The number of amides is 1. The quantitative estimate of drug-likeness (QED) is 0.248. The van der Waals surface area contributed by atoms with E-state index in [1.165, 1.54) is 23.1 Å². The Morgan fingerprint density at radius 2 is 1.92 bits per heavy atom. The number of pyridine rings is 1. The van der Waals surface area contributed by atoms with Crippen LogP contribution in [0.3, 0.4) is 0 Å². The summed E-state index contributed by atoms with van der Waals surface area (Å²) in [7, 11) is 0. The van der Waals surface area contributed by atoms with Crippen LogP contribution < -0.4 is 4.90 Å². The minimum absolute atomic E-state index is 0.0199. The molecule has 0 fully saturated rings. The highest BCUT2D eigenvalue weighted by Gasteiger charge is 2.30. The first kappa shape index (κ1) is 25.0. The summed E-state index contributed by atoms with van der Waals surface area (Å²) in [6, 6.07) is 14.3. The van der Waals surface area contributed by atoms with Gasteiger partial charge in [-0.15, -0.1) is 0 Å². The maximum atomic E-state index is 12.9. The second-order valence-corrected chi connectivity index (χ2v) is 8.47. The van der Waals surface area contributed by atoms with Crippen molar-refractivity contribution in [3.05, 3.63) is 90.8 Å². The summed E-state index contributed by atoms with van der Waals surface area (Å²) < 4.78 is 49.3. The van der Waals surface area contributed by atoms with E-state index in [-0.39, 0.29) is 24.9 Å². The van der Waals surface area contributed by atoms with Crippen molar-refractivity contribution in [2.24, 2.45) is 5.92 Å². The summed E-state index contributed by atoms with van der Waals surface area (Å²) in [6.07, 6.45) is 0.363. The van der Waals surface area contributed by atoms with E-state index in [4.69, 9.17) is 9.26 Å². The smallest absolute Gasteiger partial charge is 0.416 e. The molecule has 0 aliphatic heterocycles. The van der Waals surface area contributed by atoms with Crippen LogP contribution >= 0.6 is 0 Å². The van der Waals surface area contributed by atoms with Crippen molar-refractivity contribution in [3.8, 4) is 11.3 Å². The molecule has 0 aliphatic rings. The van der Waals surface area contributed by atoms with Crippen molar-refractivity contribution in [3.63, 3.8) is 0 Å². The van der Waals surface area contributed by atoms with E-state index >= 15 is 0 Å². The minimum Gasteiger partial charge on any atom is -0.445 e. The third kappa shape index (κ3) is 5.91. The summed E-state index contributed by atoms with van der Waals surface area (Å²) >= 11 is 0. The third-order valence-corrected chi connectivity index (χ3v) is 5.60. The Kier molecular flexibility index (Phi) is 7.38. The lowest BCUT2D eigenvalue weighted by Gasteiger charge is -2.23. The van der Waals surface area contributed by atoms with Gasteiger partial charge in [0.15, 0.2) is 11.6 Å². The van der Waals surface area contributed by atoms with Crippen LogP contribution in [-0.4, -0.2) is 29.4 Å². The van der Waals surface area contributed by atoms with Crippen LogP contribution in [-0.2, 0) is 17.3 Å². The van der Waals surface area contributed by atoms with Crippen molar-refractivity contribution in [2.75, 3.05) is 18.1 Å². The number of benzene rings is 2. The van der Waals surface area contributed by atoms with Crippen molar-refractivity contribution in [1.82, 2.24) is 10.1 Å². The van der Waals surface area contributed by atoms with Crippen LogP contribution in [0.25, 0.3) is 22.1 Å². The predicted molar refractivity (Wildman–Crippen MR) is 130 cm³/mol. The first-order valence-electron chi connectivity index (χ1n) is 11.3. The molecule has 9 heteroatoms. The van der Waals surface area contributed by atoms with Gasteiger partial charge in [0.1, 0.15) is 6.61 Å². The van der Waals surface area contributed by atoms with Crippen LogP contribution in [0, 0.1) is 5.92 Å². The van der Waals surface area contributed by atoms with Gasteiger partial charge in [-0.2, -0.15) is 13.2 Å². The molecular weight excluding hydrogens is 471 g/mol. The van der Waals surface area contributed by atoms with E-state index < -0.39 is 17.8 Å². The number of nitrogens with zero attached hydrogens (tertiary/aromatic N) is 3. The van der Waals surface area contributed by atoms with Gasteiger partial charge in [-0.25, -0.2) is 4.79 Å². The SMILES string of the molecule is C=CCOC(=O)N(C[C@@H](C)Cc1ccc(C(F)(F)F)cc1)c1cc(-c2ccc3cnccc3c2)on1. The number of ether oxygens (including phenoxy) is 1. The molecule has 0 N–H and O–H groups in total. The van der Waals surface area contributed by atoms with Crippen LogP contribution in [0.1, 0.15) is 18.1 Å². The number of carbonyl (C=O) groups excluding carboxylic acids is 1. The van der Waals surface area contributed by atoms with Gasteiger partial charge in [-0.1, -0.05) is 49.0 Å². The van der Waals surface area contributed by atoms with Crippen LogP contribution in [0.5, 0.6) is 0 Å². The number of fused-ring (bicyclic) bond motifs is 1. The number of aromatic nitrogens is 2. The minimum atomic E-state index is -4.39. The summed E-state index contributed by atoms with van der Waals surface area (Å²) in [4.78, 5) is 18.3. The average Bonchev–Trinajstić information content (AvgIpc) is 3.35. The number of alkyl halides is 3. The van der Waals surface area contributed by atoms with Gasteiger partial charge in [0.05, 0.1) is 5.56 Å². The van der Waals surface area contributed by atoms with Gasteiger partial charge in [0.25, 0.3) is 0 Å². The lowest BCUT2D eigenvalue weighted by atomic mass is 9.99. The average molecular weight is 496 g/mol. The first-order chi connectivity index (χ1) is 17.2. The Hall–Kier alpha value is -4.14. The fraction of sp³-hybridized carbons (Fsp3) is 0.222. The van der Waals surface area contributed by atoms with E-state index in [9.17, 15) is 18.0 Å². The molecule has 0 saturated carbocycles. The van der Waals surface area contributed by atoms with Crippen LogP contribution in [0.2, 0.25) is 0 Å². The zero-order valence-electron chi connectivity index (χ0n) is 19.5. The summed E-state index contributed by atoms with van der Waals surface area (Å²) in [5.74, 6) is 0.625. The van der Waals surface area contributed by atoms with Crippen molar-refractivity contribution < 1.29 is 27.2 Å². The second kappa shape index (κ2) is 10.6. The molecule has 1 amide bonds. The number of hydrogen-bond acceptors (Lipinski definition) is 5. The molecule has 0 saturated heterocycles. The molecule has 6 nitrogen and oxygen atoms in total. The van der Waals surface area contributed by atoms with E-state index in [0.29, 0.717) is 12.2 Å². The number of hydrogen-bond donors (Lipinski definition) is 0. The predicted octanol–water partition coefficient (Wildman–Crippen LogP) is 6.92. The Labute approximate surface area is 206 Å². The Balaban J connectivity index is 1.53. The monoisotopic (exact) mass is 495 g/mol. The Morgan fingerprint density at radius 3 is 2.64 bits per heavy atom. The van der Waals surface area contributed by atoms with Gasteiger partial charge in [0.2, 0.25) is 0 Å². The van der Waals surface area contributed by atoms with Crippen LogP contribution in [0.4, 0.5) is 23.8 Å². The fourth-order valence-corrected chi connectivity index (χ4v) is 3.84. The maximum absolute atomic E-state index is 12.9. The first-order valence-corrected chi connectivity index (χ1v) is 11.3. The lowest BCUT2D eigenvalue weighted by Crippen LogP contribution is -2.36. The standard InChI is InChI=1S/C27H24F3N3O3/c1-3-12-35-26(34)33(17-18(2)13-19-4-8-23(9-5-19)27(28,29)30)25-15-24(36-32-25)21-6-7-22-16-31-11-10-20(22)14-21/h3-11,14-16,18H,1,12-13,17H2,2H3/t18-/m0/s1. The van der Waals surface area contributed by atoms with Crippen molar-refractivity contribution >= 4 is 22.7 Å². The van der Waals surface area contributed by atoms with Gasteiger partial charge in [-0.3, -0.25) is 9.88 Å². The maximum Gasteiger partial charge on any atom is 0.416 e. The molecule has 4 rings (SSSR count). The Bertz CT molecular complexity index is 1350. The molecule has 0 radical (unpaired) electrons. The molecule has 0 unspecified atom stereocenters. The second-order valence-electron chi connectivity index (χ2n) is 8.47. The van der Waals surface area contributed by atoms with E-state index in [0.717, 1.165) is 34.0 Å². The zero-order chi connectivity index (χ0) is 25.7. The van der Waals surface area contributed by atoms with Gasteiger partial charge < -0.3 is 9.26 Å². The molecular formula is C27H24F3N3O3. The number of rotatable bonds is 8. The van der Waals surface area contributed by atoms with E-state index in [1.54, 1.807) is 18.5 Å². The molecule has 36 heavy (non-hydrogen) atoms. The molecule has 4 aromatic rings. The van der Waals surface area contributed by atoms with Gasteiger partial charge in [-0.05, 0) is 47.6 Å². The van der Waals surface area contributed by atoms with Crippen molar-refractivity contribution in [2.45, 2.75) is 19.5 Å². The Morgan fingerprint density at radius 1 is 1.14 bits per heavy atom. The highest BCUT2D eigenvalue weighted by atomic mass is 19.4. The molecule has 0 aliphatic carbocycles. The molecule has 2 aromatic heterocycles.